The number of aromatic nitrogens is 2. The number of pyridine rings is 1. The maximum Gasteiger partial charge on any atom is 0.211 e. The maximum atomic E-state index is 5.59. The van der Waals surface area contributed by atoms with Crippen LogP contribution >= 0.6 is 0 Å². The molecule has 1 N–H and O–H groups in total. The summed E-state index contributed by atoms with van der Waals surface area (Å²) < 4.78 is 5.59. The molecule has 5 nitrogen and oxygen atoms in total. The molecule has 0 radical (unpaired) electrons. The van der Waals surface area contributed by atoms with Crippen LogP contribution in [-0.4, -0.2) is 29.1 Å². The number of piperidine rings is 1. The molecule has 1 atom stereocenters. The Labute approximate surface area is 125 Å². The third-order valence-corrected chi connectivity index (χ3v) is 4.02. The van der Waals surface area contributed by atoms with E-state index < -0.39 is 0 Å². The molecule has 2 aromatic heterocycles. The number of hydrogen-bond donors (Lipinski definition) is 1. The van der Waals surface area contributed by atoms with E-state index in [-0.39, 0.29) is 6.04 Å². The van der Waals surface area contributed by atoms with Crippen LogP contribution in [0, 0.1) is 6.92 Å². The predicted octanol–water partition coefficient (Wildman–Crippen LogP) is 2.70. The number of nitrogens with one attached hydrogen (secondary N) is 1. The van der Waals surface area contributed by atoms with Gasteiger partial charge in [-0.1, -0.05) is 0 Å². The SMILES string of the molecule is Cc1cnc(C(C)NC2CCN(c3ccncc3)CC2)o1. The highest BCUT2D eigenvalue weighted by molar-refractivity contribution is 5.44. The second kappa shape index (κ2) is 6.26. The molecule has 0 saturated carbocycles. The van der Waals surface area contributed by atoms with E-state index >= 15 is 0 Å². The minimum atomic E-state index is 0.163. The lowest BCUT2D eigenvalue weighted by Gasteiger charge is -2.34. The molecule has 1 aliphatic rings. The lowest BCUT2D eigenvalue weighted by atomic mass is 10.0. The van der Waals surface area contributed by atoms with E-state index in [1.54, 1.807) is 6.20 Å². The van der Waals surface area contributed by atoms with E-state index in [1.165, 1.54) is 5.69 Å². The number of rotatable bonds is 4. The number of oxazole rings is 1. The first-order valence-electron chi connectivity index (χ1n) is 7.56. The van der Waals surface area contributed by atoms with E-state index in [4.69, 9.17) is 4.42 Å². The van der Waals surface area contributed by atoms with Crippen molar-refractivity contribution in [3.63, 3.8) is 0 Å². The van der Waals surface area contributed by atoms with Gasteiger partial charge >= 0.3 is 0 Å². The molecule has 112 valence electrons. The van der Waals surface area contributed by atoms with Gasteiger partial charge in [-0.3, -0.25) is 4.98 Å². The molecule has 1 aliphatic heterocycles. The summed E-state index contributed by atoms with van der Waals surface area (Å²) in [7, 11) is 0. The molecule has 0 bridgehead atoms. The van der Waals surface area contributed by atoms with Crippen LogP contribution in [0.15, 0.2) is 35.1 Å². The van der Waals surface area contributed by atoms with Crippen LogP contribution in [0.2, 0.25) is 0 Å². The van der Waals surface area contributed by atoms with E-state index in [0.717, 1.165) is 37.6 Å². The van der Waals surface area contributed by atoms with Crippen molar-refractivity contribution in [2.45, 2.75) is 38.8 Å². The normalized spacial score (nSPS) is 17.9. The minimum Gasteiger partial charge on any atom is -0.444 e. The van der Waals surface area contributed by atoms with Gasteiger partial charge in [-0.15, -0.1) is 0 Å². The van der Waals surface area contributed by atoms with Gasteiger partial charge in [-0.05, 0) is 38.8 Å². The Morgan fingerprint density at radius 3 is 2.62 bits per heavy atom. The average molecular weight is 286 g/mol. The van der Waals surface area contributed by atoms with Crippen molar-refractivity contribution in [1.29, 1.82) is 0 Å². The van der Waals surface area contributed by atoms with E-state index in [0.29, 0.717) is 6.04 Å². The van der Waals surface area contributed by atoms with Crippen LogP contribution in [0.25, 0.3) is 0 Å². The van der Waals surface area contributed by atoms with Crippen LogP contribution in [0.3, 0.4) is 0 Å². The van der Waals surface area contributed by atoms with Crippen molar-refractivity contribution < 1.29 is 4.42 Å². The lowest BCUT2D eigenvalue weighted by Crippen LogP contribution is -2.43. The van der Waals surface area contributed by atoms with Crippen LogP contribution < -0.4 is 10.2 Å². The standard InChI is InChI=1S/C16H22N4O/c1-12-11-18-16(21-12)13(2)19-14-5-9-20(10-6-14)15-3-7-17-8-4-15/h3-4,7-8,11,13-14,19H,5-6,9-10H2,1-2H3. The van der Waals surface area contributed by atoms with Crippen molar-refractivity contribution in [3.05, 3.63) is 42.4 Å². The highest BCUT2D eigenvalue weighted by Crippen LogP contribution is 2.21. The molecule has 0 aromatic carbocycles. The number of anilines is 1. The zero-order chi connectivity index (χ0) is 14.7. The second-order valence-electron chi connectivity index (χ2n) is 5.66. The van der Waals surface area contributed by atoms with Crippen molar-refractivity contribution in [2.75, 3.05) is 18.0 Å². The molecule has 5 heteroatoms. The molecule has 0 amide bonds. The van der Waals surface area contributed by atoms with E-state index in [2.05, 4.69) is 39.2 Å². The lowest BCUT2D eigenvalue weighted by molar-refractivity contribution is 0.335. The molecular weight excluding hydrogens is 264 g/mol. The first-order chi connectivity index (χ1) is 10.2. The fraction of sp³-hybridized carbons (Fsp3) is 0.500. The molecule has 3 rings (SSSR count). The number of nitrogens with zero attached hydrogens (tertiary/aromatic N) is 3. The third-order valence-electron chi connectivity index (χ3n) is 4.02. The first-order valence-corrected chi connectivity index (χ1v) is 7.56. The Morgan fingerprint density at radius 2 is 2.00 bits per heavy atom. The van der Waals surface area contributed by atoms with Crippen LogP contribution in [-0.2, 0) is 0 Å². The van der Waals surface area contributed by atoms with Crippen LogP contribution in [0.1, 0.15) is 37.5 Å². The van der Waals surface area contributed by atoms with E-state index in [1.807, 2.05) is 19.3 Å². The Bertz CT molecular complexity index is 561. The van der Waals surface area contributed by atoms with Gasteiger partial charge in [0.25, 0.3) is 0 Å². The highest BCUT2D eigenvalue weighted by atomic mass is 16.4. The van der Waals surface area contributed by atoms with Crippen molar-refractivity contribution >= 4 is 5.69 Å². The van der Waals surface area contributed by atoms with Gasteiger partial charge in [-0.2, -0.15) is 0 Å². The van der Waals surface area contributed by atoms with Crippen molar-refractivity contribution in [2.24, 2.45) is 0 Å². The van der Waals surface area contributed by atoms with Gasteiger partial charge in [0, 0.05) is 37.2 Å². The largest absolute Gasteiger partial charge is 0.444 e. The summed E-state index contributed by atoms with van der Waals surface area (Å²) in [6.45, 7) is 6.18. The predicted molar refractivity (Wildman–Crippen MR) is 82.3 cm³/mol. The van der Waals surface area contributed by atoms with Crippen LogP contribution in [0.4, 0.5) is 5.69 Å². The molecule has 1 fully saturated rings. The minimum absolute atomic E-state index is 0.163. The molecule has 0 aliphatic carbocycles. The van der Waals surface area contributed by atoms with Crippen molar-refractivity contribution in [3.8, 4) is 0 Å². The van der Waals surface area contributed by atoms with E-state index in [9.17, 15) is 0 Å². The van der Waals surface area contributed by atoms with Gasteiger partial charge < -0.3 is 14.6 Å². The first kappa shape index (κ1) is 14.1. The fourth-order valence-corrected chi connectivity index (χ4v) is 2.86. The molecule has 2 aromatic rings. The number of aryl methyl sites for hydroxylation is 1. The van der Waals surface area contributed by atoms with Gasteiger partial charge in [0.05, 0.1) is 12.2 Å². The van der Waals surface area contributed by atoms with Gasteiger partial charge in [-0.25, -0.2) is 4.98 Å². The molecule has 1 unspecified atom stereocenters. The highest BCUT2D eigenvalue weighted by Gasteiger charge is 2.22. The Kier molecular flexibility index (Phi) is 4.20. The average Bonchev–Trinajstić information content (AvgIpc) is 2.96. The number of hydrogen-bond acceptors (Lipinski definition) is 5. The third kappa shape index (κ3) is 3.42. The smallest absolute Gasteiger partial charge is 0.211 e. The summed E-state index contributed by atoms with van der Waals surface area (Å²) in [5, 5.41) is 3.63. The van der Waals surface area contributed by atoms with Gasteiger partial charge in [0.2, 0.25) is 5.89 Å². The topological polar surface area (TPSA) is 54.2 Å². The zero-order valence-corrected chi connectivity index (χ0v) is 12.6. The Hall–Kier alpha value is -1.88. The summed E-state index contributed by atoms with van der Waals surface area (Å²) in [5.41, 5.74) is 1.26. The summed E-state index contributed by atoms with van der Waals surface area (Å²) in [4.78, 5) is 10.8. The quantitative estimate of drug-likeness (QED) is 0.936. The molecule has 1 saturated heterocycles. The molecule has 0 spiro atoms. The maximum absolute atomic E-state index is 5.59. The Balaban J connectivity index is 1.52. The van der Waals surface area contributed by atoms with Crippen LogP contribution in [0.5, 0.6) is 0 Å². The molecule has 3 heterocycles. The summed E-state index contributed by atoms with van der Waals surface area (Å²) in [6, 6.07) is 4.83. The van der Waals surface area contributed by atoms with Gasteiger partial charge in [0.15, 0.2) is 0 Å². The Morgan fingerprint density at radius 1 is 1.29 bits per heavy atom. The molecular formula is C16H22N4O. The fourth-order valence-electron chi connectivity index (χ4n) is 2.86. The molecule has 21 heavy (non-hydrogen) atoms. The van der Waals surface area contributed by atoms with Gasteiger partial charge in [0.1, 0.15) is 5.76 Å². The second-order valence-corrected chi connectivity index (χ2v) is 5.66. The monoisotopic (exact) mass is 286 g/mol. The summed E-state index contributed by atoms with van der Waals surface area (Å²) in [5.74, 6) is 1.65. The zero-order valence-electron chi connectivity index (χ0n) is 12.6. The van der Waals surface area contributed by atoms with Crippen molar-refractivity contribution in [1.82, 2.24) is 15.3 Å². The summed E-state index contributed by atoms with van der Waals surface area (Å²) >= 11 is 0. The summed E-state index contributed by atoms with van der Waals surface area (Å²) in [6.07, 6.45) is 7.75.